The van der Waals surface area contributed by atoms with E-state index in [1.54, 1.807) is 18.5 Å². The molecular weight excluding hydrogens is 118 g/mol. The van der Waals surface area contributed by atoms with E-state index in [0.717, 1.165) is 0 Å². The van der Waals surface area contributed by atoms with Crippen LogP contribution in [0.15, 0.2) is 17.3 Å². The molecule has 0 spiro atoms. The summed E-state index contributed by atoms with van der Waals surface area (Å²) in [4.78, 5) is 15.5. The highest BCUT2D eigenvalue weighted by Gasteiger charge is 2.03. The second-order valence-electron chi connectivity index (χ2n) is 1.62. The molecule has 0 saturated heterocycles. The van der Waals surface area contributed by atoms with E-state index in [-0.39, 0.29) is 0 Å². The Morgan fingerprint density at radius 3 is 2.89 bits per heavy atom. The normalized spacial score (nSPS) is 16.2. The zero-order chi connectivity index (χ0) is 6.69. The number of amides is 2. The molecule has 0 fully saturated rings. The van der Waals surface area contributed by atoms with Gasteiger partial charge >= 0.3 is 6.03 Å². The minimum atomic E-state index is -0.469. The molecular formula is C5H7N3O. The number of rotatable bonds is 0. The van der Waals surface area contributed by atoms with Crippen molar-refractivity contribution < 1.29 is 4.79 Å². The van der Waals surface area contributed by atoms with E-state index in [1.807, 2.05) is 0 Å². The molecule has 1 aliphatic rings. The quantitative estimate of drug-likeness (QED) is 0.483. The third-order valence-electron chi connectivity index (χ3n) is 0.975. The van der Waals surface area contributed by atoms with Gasteiger partial charge in [-0.1, -0.05) is 0 Å². The number of hydrogen-bond donors (Lipinski definition) is 1. The van der Waals surface area contributed by atoms with Gasteiger partial charge in [0.25, 0.3) is 0 Å². The minimum Gasteiger partial charge on any atom is -0.351 e. The molecule has 0 unspecified atom stereocenters. The average Bonchev–Trinajstić information content (AvgIpc) is 1.90. The highest BCUT2D eigenvalue weighted by molar-refractivity contribution is 5.78. The van der Waals surface area contributed by atoms with Crippen LogP contribution >= 0.6 is 0 Å². The maximum Gasteiger partial charge on any atom is 0.320 e. The van der Waals surface area contributed by atoms with Gasteiger partial charge in [0.15, 0.2) is 0 Å². The van der Waals surface area contributed by atoms with Crippen LogP contribution in [0.1, 0.15) is 0 Å². The summed E-state index contributed by atoms with van der Waals surface area (Å²) in [5.74, 6) is 0. The minimum absolute atomic E-state index is 0.339. The summed E-state index contributed by atoms with van der Waals surface area (Å²) in [7, 11) is 0. The van der Waals surface area contributed by atoms with E-state index in [1.165, 1.54) is 4.90 Å². The Labute approximate surface area is 52.7 Å². The number of allylic oxidation sites excluding steroid dienone is 1. The summed E-state index contributed by atoms with van der Waals surface area (Å²) in [6, 6.07) is -0.469. The number of hydrogen-bond acceptors (Lipinski definition) is 2. The van der Waals surface area contributed by atoms with Gasteiger partial charge in [-0.2, -0.15) is 0 Å². The van der Waals surface area contributed by atoms with Crippen molar-refractivity contribution in [3.05, 3.63) is 12.3 Å². The topological polar surface area (TPSA) is 58.7 Å². The second kappa shape index (κ2) is 2.30. The number of nitrogens with zero attached hydrogens (tertiary/aromatic N) is 2. The van der Waals surface area contributed by atoms with Crippen LogP contribution in [0.3, 0.4) is 0 Å². The molecule has 1 heterocycles. The number of carbonyl (C=O) groups excluding carboxylic acids is 1. The lowest BCUT2D eigenvalue weighted by Crippen LogP contribution is -2.32. The first-order chi connectivity index (χ1) is 4.30. The van der Waals surface area contributed by atoms with E-state index >= 15 is 0 Å². The van der Waals surface area contributed by atoms with Crippen molar-refractivity contribution in [3.8, 4) is 0 Å². The molecule has 2 amide bonds. The van der Waals surface area contributed by atoms with Crippen LogP contribution in [-0.2, 0) is 0 Å². The molecule has 1 rings (SSSR count). The predicted octanol–water partition coefficient (Wildman–Crippen LogP) is -0.0773. The zero-order valence-electron chi connectivity index (χ0n) is 4.82. The van der Waals surface area contributed by atoms with Crippen molar-refractivity contribution in [1.29, 1.82) is 0 Å². The highest BCUT2D eigenvalue weighted by Crippen LogP contribution is 1.92. The average molecular weight is 125 g/mol. The third-order valence-corrected chi connectivity index (χ3v) is 0.975. The summed E-state index contributed by atoms with van der Waals surface area (Å²) in [6.07, 6.45) is 4.88. The Hall–Kier alpha value is -1.32. The molecule has 0 saturated carbocycles. The first kappa shape index (κ1) is 5.81. The van der Waals surface area contributed by atoms with E-state index < -0.39 is 6.03 Å². The summed E-state index contributed by atoms with van der Waals surface area (Å²) in [5.41, 5.74) is 4.93. The summed E-state index contributed by atoms with van der Waals surface area (Å²) >= 11 is 0. The maximum atomic E-state index is 10.4. The van der Waals surface area contributed by atoms with Crippen LogP contribution in [-0.4, -0.2) is 23.8 Å². The first-order valence-corrected chi connectivity index (χ1v) is 2.53. The van der Waals surface area contributed by atoms with Crippen LogP contribution < -0.4 is 5.73 Å². The van der Waals surface area contributed by atoms with Gasteiger partial charge in [-0.25, -0.2) is 4.79 Å². The molecule has 0 aromatic carbocycles. The molecule has 0 bridgehead atoms. The molecule has 4 nitrogen and oxygen atoms in total. The Balaban J connectivity index is 2.56. The van der Waals surface area contributed by atoms with Crippen LogP contribution in [0.5, 0.6) is 0 Å². The van der Waals surface area contributed by atoms with Crippen molar-refractivity contribution in [1.82, 2.24) is 4.90 Å². The zero-order valence-corrected chi connectivity index (χ0v) is 4.82. The number of urea groups is 1. The smallest absolute Gasteiger partial charge is 0.320 e. The highest BCUT2D eigenvalue weighted by atomic mass is 16.2. The second-order valence-corrected chi connectivity index (χ2v) is 1.62. The van der Waals surface area contributed by atoms with E-state index in [2.05, 4.69) is 4.99 Å². The lowest BCUT2D eigenvalue weighted by Gasteiger charge is -2.13. The predicted molar refractivity (Wildman–Crippen MR) is 33.9 cm³/mol. The van der Waals surface area contributed by atoms with Crippen LogP contribution in [0.4, 0.5) is 4.79 Å². The number of primary amides is 1. The van der Waals surface area contributed by atoms with Crippen LogP contribution in [0.2, 0.25) is 0 Å². The van der Waals surface area contributed by atoms with Gasteiger partial charge in [-0.05, 0) is 6.08 Å². The van der Waals surface area contributed by atoms with Crippen molar-refractivity contribution in [2.75, 3.05) is 6.67 Å². The van der Waals surface area contributed by atoms with Crippen molar-refractivity contribution in [3.63, 3.8) is 0 Å². The first-order valence-electron chi connectivity index (χ1n) is 2.53. The fourth-order valence-electron chi connectivity index (χ4n) is 0.529. The molecule has 0 radical (unpaired) electrons. The van der Waals surface area contributed by atoms with E-state index in [0.29, 0.717) is 6.67 Å². The van der Waals surface area contributed by atoms with Gasteiger partial charge in [0.1, 0.15) is 6.67 Å². The Morgan fingerprint density at radius 1 is 1.78 bits per heavy atom. The summed E-state index contributed by atoms with van der Waals surface area (Å²) in [5, 5.41) is 0. The molecule has 48 valence electrons. The Morgan fingerprint density at radius 2 is 2.56 bits per heavy atom. The van der Waals surface area contributed by atoms with Gasteiger partial charge in [0.05, 0.1) is 0 Å². The standard InChI is InChI=1S/C5H7N3O/c6-5(9)8-3-1-2-7-4-8/h1-3H,4H2,(H2,6,9). The van der Waals surface area contributed by atoms with Crippen molar-refractivity contribution >= 4 is 12.2 Å². The molecule has 0 aromatic heterocycles. The number of aliphatic imine (C=N–C) groups is 1. The fourth-order valence-corrected chi connectivity index (χ4v) is 0.529. The molecule has 0 aliphatic carbocycles. The Kier molecular flexibility index (Phi) is 1.48. The summed E-state index contributed by atoms with van der Waals surface area (Å²) < 4.78 is 0. The molecule has 1 aliphatic heterocycles. The van der Waals surface area contributed by atoms with Gasteiger partial charge in [0, 0.05) is 12.4 Å². The van der Waals surface area contributed by atoms with Crippen LogP contribution in [0.25, 0.3) is 0 Å². The molecule has 2 N–H and O–H groups in total. The van der Waals surface area contributed by atoms with Gasteiger partial charge in [-0.3, -0.25) is 9.89 Å². The van der Waals surface area contributed by atoms with E-state index in [9.17, 15) is 4.79 Å². The number of nitrogens with two attached hydrogens (primary N) is 1. The molecule has 4 heteroatoms. The molecule has 0 atom stereocenters. The largest absolute Gasteiger partial charge is 0.351 e. The lowest BCUT2D eigenvalue weighted by atomic mass is 10.5. The molecule has 9 heavy (non-hydrogen) atoms. The SMILES string of the molecule is NC(=O)N1C=CC=NC1. The lowest BCUT2D eigenvalue weighted by molar-refractivity contribution is 0.225. The van der Waals surface area contributed by atoms with Crippen molar-refractivity contribution in [2.45, 2.75) is 0 Å². The fraction of sp³-hybridized carbons (Fsp3) is 0.200. The van der Waals surface area contributed by atoms with Gasteiger partial charge in [-0.15, -0.1) is 0 Å². The van der Waals surface area contributed by atoms with E-state index in [4.69, 9.17) is 5.73 Å². The molecule has 0 aromatic rings. The van der Waals surface area contributed by atoms with Gasteiger partial charge in [0.2, 0.25) is 0 Å². The maximum absolute atomic E-state index is 10.4. The summed E-state index contributed by atoms with van der Waals surface area (Å²) in [6.45, 7) is 0.339. The van der Waals surface area contributed by atoms with Crippen molar-refractivity contribution in [2.24, 2.45) is 10.7 Å². The Bertz CT molecular complexity index is 173. The monoisotopic (exact) mass is 125 g/mol. The van der Waals surface area contributed by atoms with Gasteiger partial charge < -0.3 is 5.73 Å². The third kappa shape index (κ3) is 1.28. The van der Waals surface area contributed by atoms with Crippen LogP contribution in [0, 0.1) is 0 Å². The number of carbonyl (C=O) groups is 1.